The number of aromatic amines is 1. The number of hydrogen-bond donors (Lipinski definition) is 2. The van der Waals surface area contributed by atoms with E-state index in [2.05, 4.69) is 25.0 Å². The number of hydrogen-bond acceptors (Lipinski definition) is 5. The van der Waals surface area contributed by atoms with Gasteiger partial charge in [0.25, 0.3) is 0 Å². The van der Waals surface area contributed by atoms with Crippen LogP contribution < -0.4 is 14.8 Å². The lowest BCUT2D eigenvalue weighted by Crippen LogP contribution is -2.28. The molecule has 0 aliphatic carbocycles. The van der Waals surface area contributed by atoms with Crippen LogP contribution in [0.1, 0.15) is 12.8 Å². The molecule has 1 fully saturated rings. The van der Waals surface area contributed by atoms with Crippen molar-refractivity contribution in [1.29, 1.82) is 0 Å². The third-order valence-corrected chi connectivity index (χ3v) is 5.66. The maximum Gasteiger partial charge on any atom is 0.573 e. The highest BCUT2D eigenvalue weighted by atomic mass is 19.4. The molecule has 176 valence electrons. The third kappa shape index (κ3) is 4.54. The van der Waals surface area contributed by atoms with Crippen molar-refractivity contribution in [3.05, 3.63) is 60.8 Å². The van der Waals surface area contributed by atoms with Crippen molar-refractivity contribution in [2.24, 2.45) is 0 Å². The van der Waals surface area contributed by atoms with Gasteiger partial charge in [0.15, 0.2) is 11.6 Å². The summed E-state index contributed by atoms with van der Waals surface area (Å²) in [5.74, 6) is -1.52. The van der Waals surface area contributed by atoms with Crippen LogP contribution in [-0.2, 0) is 0 Å². The number of halogens is 4. The van der Waals surface area contributed by atoms with Crippen molar-refractivity contribution in [3.8, 4) is 33.9 Å². The number of benzene rings is 1. The Morgan fingerprint density at radius 3 is 2.76 bits per heavy atom. The Balaban J connectivity index is 1.62. The van der Waals surface area contributed by atoms with Crippen molar-refractivity contribution in [3.63, 3.8) is 0 Å². The van der Waals surface area contributed by atoms with Gasteiger partial charge in [-0.05, 0) is 55.3 Å². The average molecular weight is 472 g/mol. The quantitative estimate of drug-likeness (QED) is 0.365. The van der Waals surface area contributed by atoms with E-state index in [9.17, 15) is 17.6 Å². The van der Waals surface area contributed by atoms with Crippen LogP contribution in [0, 0.1) is 5.82 Å². The number of rotatable bonds is 6. The maximum absolute atomic E-state index is 14.1. The van der Waals surface area contributed by atoms with Crippen LogP contribution in [0.25, 0.3) is 33.4 Å². The van der Waals surface area contributed by atoms with Crippen LogP contribution in [0.4, 0.5) is 17.6 Å². The van der Waals surface area contributed by atoms with Gasteiger partial charge in [0, 0.05) is 29.6 Å². The Bertz CT molecular complexity index is 1320. The molecule has 1 aliphatic rings. The highest BCUT2D eigenvalue weighted by Gasteiger charge is 2.33. The van der Waals surface area contributed by atoms with E-state index in [-0.39, 0.29) is 6.04 Å². The van der Waals surface area contributed by atoms with E-state index in [4.69, 9.17) is 4.74 Å². The predicted molar refractivity (Wildman–Crippen MR) is 118 cm³/mol. The fourth-order valence-electron chi connectivity index (χ4n) is 4.16. The normalized spacial score (nSPS) is 16.2. The number of alkyl halides is 3. The van der Waals surface area contributed by atoms with E-state index >= 15 is 0 Å². The smallest absolute Gasteiger partial charge is 0.490 e. The fraction of sp³-hybridized carbons (Fsp3) is 0.250. The molecule has 0 saturated carbocycles. The van der Waals surface area contributed by atoms with Gasteiger partial charge in [-0.3, -0.25) is 9.97 Å². The zero-order valence-electron chi connectivity index (χ0n) is 17.8. The highest BCUT2D eigenvalue weighted by Crippen LogP contribution is 2.42. The molecule has 0 unspecified atom stereocenters. The van der Waals surface area contributed by atoms with Gasteiger partial charge in [-0.15, -0.1) is 13.2 Å². The van der Waals surface area contributed by atoms with Gasteiger partial charge in [-0.1, -0.05) is 6.07 Å². The van der Waals surface area contributed by atoms with Gasteiger partial charge in [0.05, 0.1) is 22.9 Å². The summed E-state index contributed by atoms with van der Waals surface area (Å²) in [5, 5.41) is 3.37. The van der Waals surface area contributed by atoms with E-state index in [1.54, 1.807) is 36.8 Å². The summed E-state index contributed by atoms with van der Waals surface area (Å²) >= 11 is 0. The molecule has 0 radical (unpaired) electrons. The Morgan fingerprint density at radius 1 is 1.09 bits per heavy atom. The molecule has 1 aromatic carbocycles. The lowest BCUT2D eigenvalue weighted by Gasteiger charge is -2.15. The monoisotopic (exact) mass is 472 g/mol. The number of fused-ring (bicyclic) bond motifs is 1. The first kappa shape index (κ1) is 22.1. The van der Waals surface area contributed by atoms with Gasteiger partial charge in [0.2, 0.25) is 0 Å². The first-order valence-corrected chi connectivity index (χ1v) is 10.7. The topological polar surface area (TPSA) is 72.1 Å². The van der Waals surface area contributed by atoms with Crippen LogP contribution >= 0.6 is 0 Å². The second-order valence-electron chi connectivity index (χ2n) is 7.94. The molecule has 0 amide bonds. The number of nitrogens with one attached hydrogen (secondary N) is 2. The maximum atomic E-state index is 14.1. The third-order valence-electron chi connectivity index (χ3n) is 5.66. The lowest BCUT2D eigenvalue weighted by molar-refractivity contribution is -0.275. The molecular weight excluding hydrogens is 452 g/mol. The number of pyridine rings is 2. The minimum Gasteiger partial charge on any atom is -0.490 e. The molecule has 4 aromatic rings. The fourth-order valence-corrected chi connectivity index (χ4v) is 4.16. The van der Waals surface area contributed by atoms with Crippen molar-refractivity contribution < 1.29 is 27.0 Å². The second kappa shape index (κ2) is 8.94. The molecule has 0 spiro atoms. The van der Waals surface area contributed by atoms with E-state index in [0.29, 0.717) is 45.8 Å². The van der Waals surface area contributed by atoms with E-state index in [0.717, 1.165) is 31.5 Å². The molecule has 6 nitrogen and oxygen atoms in total. The molecular formula is C24H20F4N4O2. The van der Waals surface area contributed by atoms with Gasteiger partial charge >= 0.3 is 6.36 Å². The predicted octanol–water partition coefficient (Wildman–Crippen LogP) is 5.46. The van der Waals surface area contributed by atoms with Crippen LogP contribution in [0.15, 0.2) is 55.0 Å². The van der Waals surface area contributed by atoms with Crippen LogP contribution in [0.2, 0.25) is 0 Å². The summed E-state index contributed by atoms with van der Waals surface area (Å²) in [5.41, 5.74) is 3.20. The minimum atomic E-state index is -5.03. The van der Waals surface area contributed by atoms with E-state index in [1.807, 2.05) is 0 Å². The van der Waals surface area contributed by atoms with Crippen LogP contribution in [0.3, 0.4) is 0 Å². The number of aromatic nitrogens is 3. The minimum absolute atomic E-state index is 0.232. The summed E-state index contributed by atoms with van der Waals surface area (Å²) in [6.45, 7) is 1.39. The van der Waals surface area contributed by atoms with Gasteiger partial charge in [-0.2, -0.15) is 0 Å². The van der Waals surface area contributed by atoms with Gasteiger partial charge in [-0.25, -0.2) is 4.39 Å². The Kier molecular flexibility index (Phi) is 5.82. The van der Waals surface area contributed by atoms with Gasteiger partial charge in [0.1, 0.15) is 12.4 Å². The molecule has 2 N–H and O–H groups in total. The summed E-state index contributed by atoms with van der Waals surface area (Å²) in [7, 11) is 0. The van der Waals surface area contributed by atoms with Crippen LogP contribution in [-0.4, -0.2) is 40.5 Å². The molecule has 1 atom stereocenters. The number of ether oxygens (including phenoxy) is 2. The lowest BCUT2D eigenvalue weighted by atomic mass is 10.00. The molecule has 3 aromatic heterocycles. The summed E-state index contributed by atoms with van der Waals surface area (Å²) < 4.78 is 62.5. The highest BCUT2D eigenvalue weighted by molar-refractivity contribution is 6.02. The second-order valence-corrected chi connectivity index (χ2v) is 7.94. The zero-order chi connectivity index (χ0) is 23.7. The van der Waals surface area contributed by atoms with Gasteiger partial charge < -0.3 is 19.8 Å². The van der Waals surface area contributed by atoms with Crippen LogP contribution in [0.5, 0.6) is 11.5 Å². The zero-order valence-corrected chi connectivity index (χ0v) is 17.8. The molecule has 4 heterocycles. The van der Waals surface area contributed by atoms with E-state index < -0.39 is 17.9 Å². The summed E-state index contributed by atoms with van der Waals surface area (Å²) in [4.78, 5) is 11.9. The molecule has 1 aliphatic heterocycles. The standard InChI is InChI=1S/C24H20F4N4O2/c25-17-6-5-14(11-19(17)34-24(26,27)28)21-22(32-18-4-2-9-31-23(18)21)16-7-10-29-12-20(16)33-13-15-3-1-8-30-15/h2,4-7,9-12,15,30,32H,1,3,8,13H2/t15-/m0/s1. The Hall–Kier alpha value is -3.66. The van der Waals surface area contributed by atoms with Crippen molar-refractivity contribution in [2.45, 2.75) is 25.2 Å². The molecule has 0 bridgehead atoms. The Morgan fingerprint density at radius 2 is 1.97 bits per heavy atom. The number of nitrogens with zero attached hydrogens (tertiary/aromatic N) is 2. The first-order chi connectivity index (χ1) is 16.4. The largest absolute Gasteiger partial charge is 0.573 e. The molecule has 10 heteroatoms. The summed E-state index contributed by atoms with van der Waals surface area (Å²) in [6, 6.07) is 8.88. The summed E-state index contributed by atoms with van der Waals surface area (Å²) in [6.07, 6.45) is 1.84. The van der Waals surface area contributed by atoms with Crippen molar-refractivity contribution in [2.75, 3.05) is 13.2 Å². The first-order valence-electron chi connectivity index (χ1n) is 10.7. The molecule has 1 saturated heterocycles. The molecule has 5 rings (SSSR count). The SMILES string of the molecule is Fc1ccc(-c2c(-c3ccncc3OC[C@@H]3CCCN3)[nH]c3cccnc23)cc1OC(F)(F)F. The number of H-pyrrole nitrogens is 1. The van der Waals surface area contributed by atoms with E-state index in [1.165, 1.54) is 6.07 Å². The van der Waals surface area contributed by atoms with Crippen molar-refractivity contribution >= 4 is 11.0 Å². The molecule has 34 heavy (non-hydrogen) atoms. The Labute approximate surface area is 191 Å². The van der Waals surface area contributed by atoms with Crippen molar-refractivity contribution in [1.82, 2.24) is 20.3 Å². The average Bonchev–Trinajstić information content (AvgIpc) is 3.46.